The summed E-state index contributed by atoms with van der Waals surface area (Å²) in [6, 6.07) is 0. The van der Waals surface area contributed by atoms with E-state index in [0.717, 1.165) is 15.3 Å². The molecule has 0 saturated heterocycles. The third kappa shape index (κ3) is 1.37. The summed E-state index contributed by atoms with van der Waals surface area (Å²) in [6.07, 6.45) is 1.95. The summed E-state index contributed by atoms with van der Waals surface area (Å²) in [5, 5.41) is 8.90. The minimum Gasteiger partial charge on any atom is -0.477 e. The molecule has 1 aliphatic rings. The highest BCUT2D eigenvalue weighted by atomic mass is 32.2. The molecule has 1 aromatic rings. The molecule has 1 aliphatic heterocycles. The molecule has 0 spiro atoms. The summed E-state index contributed by atoms with van der Waals surface area (Å²) in [6.45, 7) is 1.02. The molecule has 13 heavy (non-hydrogen) atoms. The smallest absolute Gasteiger partial charge is 0.346 e. The fourth-order valence-electron chi connectivity index (χ4n) is 1.37. The Morgan fingerprint density at radius 3 is 2.85 bits per heavy atom. The van der Waals surface area contributed by atoms with Crippen molar-refractivity contribution >= 4 is 29.1 Å². The van der Waals surface area contributed by atoms with Crippen molar-refractivity contribution in [3.05, 3.63) is 16.0 Å². The Kier molecular flexibility index (Phi) is 2.31. The predicted octanol–water partition coefficient (Wildman–Crippen LogP) is 2.20. The summed E-state index contributed by atoms with van der Waals surface area (Å²) >= 11 is 2.94. The fraction of sp³-hybridized carbons (Fsp3) is 0.375. The van der Waals surface area contributed by atoms with Crippen LogP contribution >= 0.6 is 23.1 Å². The monoisotopic (exact) mass is 216 g/mol. The van der Waals surface area contributed by atoms with Crippen LogP contribution in [0.4, 0.5) is 0 Å². The number of carboxylic acids is 1. The van der Waals surface area contributed by atoms with Crippen LogP contribution in [0.1, 0.15) is 20.8 Å². The average molecular weight is 216 g/mol. The Hall–Kier alpha value is -0.520. The summed E-state index contributed by atoms with van der Waals surface area (Å²) in [4.78, 5) is 11.3. The Labute approximate surface area is 83.7 Å². The number of thiophene rings is 1. The van der Waals surface area contributed by atoms with Gasteiger partial charge in [0.15, 0.2) is 0 Å². The van der Waals surface area contributed by atoms with Crippen molar-refractivity contribution < 1.29 is 14.6 Å². The molecule has 0 radical (unpaired) electrons. The first-order valence-corrected chi connectivity index (χ1v) is 5.77. The normalized spacial score (nSPS) is 14.5. The SMILES string of the molecule is CSc1sc(C(=O)O)c2c1COC2. The molecule has 0 amide bonds. The molecular weight excluding hydrogens is 208 g/mol. The molecule has 0 saturated carbocycles. The Bertz CT molecular complexity index is 357. The van der Waals surface area contributed by atoms with Gasteiger partial charge < -0.3 is 9.84 Å². The number of hydrogen-bond donors (Lipinski definition) is 1. The van der Waals surface area contributed by atoms with E-state index in [9.17, 15) is 4.79 Å². The van der Waals surface area contributed by atoms with Crippen LogP contribution in [-0.2, 0) is 18.0 Å². The van der Waals surface area contributed by atoms with Crippen LogP contribution in [0.25, 0.3) is 0 Å². The van der Waals surface area contributed by atoms with E-state index in [1.54, 1.807) is 11.8 Å². The van der Waals surface area contributed by atoms with Crippen LogP contribution < -0.4 is 0 Å². The van der Waals surface area contributed by atoms with Gasteiger partial charge in [0.05, 0.1) is 17.4 Å². The van der Waals surface area contributed by atoms with Gasteiger partial charge in [-0.15, -0.1) is 23.1 Å². The minimum atomic E-state index is -0.841. The Morgan fingerprint density at radius 1 is 1.54 bits per heavy atom. The maximum atomic E-state index is 10.8. The van der Waals surface area contributed by atoms with Crippen LogP contribution in [-0.4, -0.2) is 17.3 Å². The summed E-state index contributed by atoms with van der Waals surface area (Å²) in [7, 11) is 0. The van der Waals surface area contributed by atoms with E-state index >= 15 is 0 Å². The Balaban J connectivity index is 2.54. The average Bonchev–Trinajstić information content (AvgIpc) is 2.61. The zero-order valence-electron chi connectivity index (χ0n) is 6.99. The van der Waals surface area contributed by atoms with Crippen molar-refractivity contribution in [3.8, 4) is 0 Å². The van der Waals surface area contributed by atoms with E-state index in [1.165, 1.54) is 11.3 Å². The van der Waals surface area contributed by atoms with Gasteiger partial charge in [-0.3, -0.25) is 0 Å². The molecule has 0 aromatic carbocycles. The molecule has 0 unspecified atom stereocenters. The second-order valence-corrected chi connectivity index (χ2v) is 4.77. The highest BCUT2D eigenvalue weighted by Gasteiger charge is 2.25. The van der Waals surface area contributed by atoms with Gasteiger partial charge in [-0.1, -0.05) is 0 Å². The second kappa shape index (κ2) is 3.32. The lowest BCUT2D eigenvalue weighted by Gasteiger charge is -1.92. The first kappa shape index (κ1) is 9.05. The molecule has 3 nitrogen and oxygen atoms in total. The lowest BCUT2D eigenvalue weighted by Crippen LogP contribution is -1.95. The van der Waals surface area contributed by atoms with E-state index in [-0.39, 0.29) is 0 Å². The third-order valence-electron chi connectivity index (χ3n) is 1.95. The number of rotatable bonds is 2. The van der Waals surface area contributed by atoms with Crippen LogP contribution in [0.3, 0.4) is 0 Å². The van der Waals surface area contributed by atoms with Crippen molar-refractivity contribution in [2.45, 2.75) is 17.4 Å². The molecule has 5 heteroatoms. The first-order valence-electron chi connectivity index (χ1n) is 3.73. The van der Waals surface area contributed by atoms with Crippen LogP contribution in [0, 0.1) is 0 Å². The number of carbonyl (C=O) groups is 1. The molecular formula is C8H8O3S2. The number of thioether (sulfide) groups is 1. The zero-order chi connectivity index (χ0) is 9.42. The van der Waals surface area contributed by atoms with Gasteiger partial charge >= 0.3 is 5.97 Å². The maximum absolute atomic E-state index is 10.8. The third-order valence-corrected chi connectivity index (χ3v) is 4.38. The van der Waals surface area contributed by atoms with Crippen molar-refractivity contribution in [1.29, 1.82) is 0 Å². The minimum absolute atomic E-state index is 0.442. The molecule has 2 heterocycles. The lowest BCUT2D eigenvalue weighted by molar-refractivity contribution is 0.0697. The largest absolute Gasteiger partial charge is 0.477 e. The highest BCUT2D eigenvalue weighted by Crippen LogP contribution is 2.39. The molecule has 1 N–H and O–H groups in total. The lowest BCUT2D eigenvalue weighted by atomic mass is 10.2. The number of carboxylic acid groups (broad SMARTS) is 1. The first-order chi connectivity index (χ1) is 6.24. The predicted molar refractivity (Wildman–Crippen MR) is 51.6 cm³/mol. The zero-order valence-corrected chi connectivity index (χ0v) is 8.63. The molecule has 2 rings (SSSR count). The number of ether oxygens (including phenoxy) is 1. The molecule has 1 aromatic heterocycles. The van der Waals surface area contributed by atoms with Crippen molar-refractivity contribution in [3.63, 3.8) is 0 Å². The van der Waals surface area contributed by atoms with Gasteiger partial charge in [-0.25, -0.2) is 4.79 Å². The van der Waals surface area contributed by atoms with E-state index in [4.69, 9.17) is 9.84 Å². The molecule has 0 bridgehead atoms. The van der Waals surface area contributed by atoms with Gasteiger partial charge in [0, 0.05) is 11.1 Å². The van der Waals surface area contributed by atoms with Crippen molar-refractivity contribution in [2.75, 3.05) is 6.26 Å². The van der Waals surface area contributed by atoms with Gasteiger partial charge in [-0.2, -0.15) is 0 Å². The number of fused-ring (bicyclic) bond motifs is 1. The quantitative estimate of drug-likeness (QED) is 0.770. The second-order valence-electron chi connectivity index (χ2n) is 2.68. The van der Waals surface area contributed by atoms with Crippen LogP contribution in [0.2, 0.25) is 0 Å². The maximum Gasteiger partial charge on any atom is 0.346 e. The van der Waals surface area contributed by atoms with Gasteiger partial charge in [0.2, 0.25) is 0 Å². The van der Waals surface area contributed by atoms with Crippen LogP contribution in [0.5, 0.6) is 0 Å². The standard InChI is InChI=1S/C8H8O3S2/c1-12-8-5-3-11-2-4(5)6(13-8)7(9)10/h2-3H2,1H3,(H,9,10). The molecule has 0 atom stereocenters. The molecule has 70 valence electrons. The van der Waals surface area contributed by atoms with Gasteiger partial charge in [0.1, 0.15) is 4.88 Å². The topological polar surface area (TPSA) is 46.5 Å². The summed E-state index contributed by atoms with van der Waals surface area (Å²) in [5.74, 6) is -0.841. The van der Waals surface area contributed by atoms with Crippen LogP contribution in [0.15, 0.2) is 4.21 Å². The number of aromatic carboxylic acids is 1. The number of hydrogen-bond acceptors (Lipinski definition) is 4. The molecule has 0 aliphatic carbocycles. The van der Waals surface area contributed by atoms with Gasteiger partial charge in [-0.05, 0) is 6.26 Å². The van der Waals surface area contributed by atoms with E-state index < -0.39 is 5.97 Å². The van der Waals surface area contributed by atoms with E-state index in [1.807, 2.05) is 6.26 Å². The summed E-state index contributed by atoms with van der Waals surface area (Å²) < 4.78 is 6.29. The fourth-order valence-corrected chi connectivity index (χ4v) is 3.26. The van der Waals surface area contributed by atoms with Crippen molar-refractivity contribution in [1.82, 2.24) is 0 Å². The summed E-state index contributed by atoms with van der Waals surface area (Å²) in [5.41, 5.74) is 1.96. The molecule has 0 fully saturated rings. The Morgan fingerprint density at radius 2 is 2.23 bits per heavy atom. The van der Waals surface area contributed by atoms with Gasteiger partial charge in [0.25, 0.3) is 0 Å². The van der Waals surface area contributed by atoms with E-state index in [2.05, 4.69) is 0 Å². The van der Waals surface area contributed by atoms with Crippen molar-refractivity contribution in [2.24, 2.45) is 0 Å². The highest BCUT2D eigenvalue weighted by molar-refractivity contribution is 8.00. The van der Waals surface area contributed by atoms with E-state index in [0.29, 0.717) is 18.1 Å².